The summed E-state index contributed by atoms with van der Waals surface area (Å²) in [7, 11) is -3.59. The van der Waals surface area contributed by atoms with Crippen molar-refractivity contribution in [2.75, 3.05) is 37.3 Å². The Morgan fingerprint density at radius 2 is 1.75 bits per heavy atom. The number of piperazine rings is 1. The Balaban J connectivity index is 1.57. The fourth-order valence-corrected chi connectivity index (χ4v) is 4.37. The maximum Gasteiger partial charge on any atom is 0.293 e. The quantitative estimate of drug-likeness (QED) is 0.454. The van der Waals surface area contributed by atoms with Gasteiger partial charge in [0.05, 0.1) is 15.2 Å². The van der Waals surface area contributed by atoms with Gasteiger partial charge in [0.25, 0.3) is 17.2 Å². The number of benzene rings is 2. The number of H-pyrrole nitrogens is 1. The van der Waals surface area contributed by atoms with Crippen LogP contribution < -0.4 is 10.5 Å². The minimum atomic E-state index is -3.59. The van der Waals surface area contributed by atoms with Crippen LogP contribution in [0.5, 0.6) is 0 Å². The molecule has 1 saturated heterocycles. The molecule has 1 aliphatic heterocycles. The number of hydrogen-bond donors (Lipinski definition) is 1. The number of amides is 1. The molecule has 2 heterocycles. The minimum Gasteiger partial charge on any atom is -0.362 e. The van der Waals surface area contributed by atoms with E-state index in [1.165, 1.54) is 12.1 Å². The molecule has 11 nitrogen and oxygen atoms in total. The standard InChI is InChI=1S/C20H19N5O6S/c1-32(30,31)13-6-7-16(17(12-13)25(28)29)23-8-10-24(11-9-23)20(27)18-14-4-2-3-5-15(14)19(26)22-21-18/h2-7,12H,8-11H2,1H3,(H,22,26). The van der Waals surface area contributed by atoms with Gasteiger partial charge in [0.15, 0.2) is 15.5 Å². The lowest BCUT2D eigenvalue weighted by atomic mass is 10.1. The van der Waals surface area contributed by atoms with Gasteiger partial charge in [-0.05, 0) is 18.2 Å². The number of aromatic nitrogens is 2. The van der Waals surface area contributed by atoms with Crippen LogP contribution in [0, 0.1) is 10.1 Å². The summed E-state index contributed by atoms with van der Waals surface area (Å²) in [6.07, 6.45) is 0.991. The Morgan fingerprint density at radius 3 is 2.38 bits per heavy atom. The largest absolute Gasteiger partial charge is 0.362 e. The van der Waals surface area contributed by atoms with E-state index in [2.05, 4.69) is 10.2 Å². The van der Waals surface area contributed by atoms with Crippen LogP contribution in [0.2, 0.25) is 0 Å². The Kier molecular flexibility index (Phi) is 5.38. The van der Waals surface area contributed by atoms with E-state index in [1.807, 2.05) is 0 Å². The van der Waals surface area contributed by atoms with Gasteiger partial charge in [0.1, 0.15) is 5.69 Å². The molecule has 166 valence electrons. The molecular formula is C20H19N5O6S. The first-order valence-corrected chi connectivity index (χ1v) is 11.6. The second kappa shape index (κ2) is 8.04. The van der Waals surface area contributed by atoms with Crippen LogP contribution in [0.3, 0.4) is 0 Å². The van der Waals surface area contributed by atoms with Crippen LogP contribution in [0.1, 0.15) is 10.5 Å². The molecule has 1 amide bonds. The number of aromatic amines is 1. The number of rotatable bonds is 4. The molecule has 32 heavy (non-hydrogen) atoms. The Bertz CT molecular complexity index is 1390. The molecule has 12 heteroatoms. The number of nitro groups is 1. The summed E-state index contributed by atoms with van der Waals surface area (Å²) < 4.78 is 23.5. The number of anilines is 1. The van der Waals surface area contributed by atoms with Crippen molar-refractivity contribution in [2.24, 2.45) is 0 Å². The highest BCUT2D eigenvalue weighted by Crippen LogP contribution is 2.31. The average molecular weight is 457 g/mol. The van der Waals surface area contributed by atoms with E-state index in [0.717, 1.165) is 12.3 Å². The number of hydrogen-bond acceptors (Lipinski definition) is 8. The number of sulfone groups is 1. The van der Waals surface area contributed by atoms with E-state index in [-0.39, 0.29) is 40.8 Å². The summed E-state index contributed by atoms with van der Waals surface area (Å²) in [4.78, 5) is 39.1. The van der Waals surface area contributed by atoms with Gasteiger partial charge in [-0.3, -0.25) is 19.7 Å². The molecule has 3 aromatic rings. The third-order valence-electron chi connectivity index (χ3n) is 5.38. The van der Waals surface area contributed by atoms with Gasteiger partial charge in [-0.15, -0.1) is 0 Å². The molecule has 0 bridgehead atoms. The van der Waals surface area contributed by atoms with E-state index in [4.69, 9.17) is 0 Å². The van der Waals surface area contributed by atoms with E-state index < -0.39 is 14.8 Å². The van der Waals surface area contributed by atoms with E-state index in [9.17, 15) is 28.1 Å². The first-order chi connectivity index (χ1) is 15.2. The summed E-state index contributed by atoms with van der Waals surface area (Å²) in [5.74, 6) is -0.348. The summed E-state index contributed by atoms with van der Waals surface area (Å²) in [6, 6.07) is 10.5. The van der Waals surface area contributed by atoms with Gasteiger partial charge in [0.2, 0.25) is 0 Å². The number of carbonyl (C=O) groups is 1. The smallest absolute Gasteiger partial charge is 0.293 e. The fraction of sp³-hybridized carbons (Fsp3) is 0.250. The van der Waals surface area contributed by atoms with Crippen molar-refractivity contribution in [3.05, 3.63) is 68.6 Å². The van der Waals surface area contributed by atoms with Crippen LogP contribution in [-0.4, -0.2) is 66.8 Å². The van der Waals surface area contributed by atoms with E-state index in [1.54, 1.807) is 34.1 Å². The van der Waals surface area contributed by atoms with Crippen LogP contribution >= 0.6 is 0 Å². The van der Waals surface area contributed by atoms with E-state index >= 15 is 0 Å². The van der Waals surface area contributed by atoms with Gasteiger partial charge in [-0.25, -0.2) is 13.5 Å². The minimum absolute atomic E-state index is 0.127. The molecule has 2 aromatic carbocycles. The van der Waals surface area contributed by atoms with Crippen molar-refractivity contribution >= 4 is 37.9 Å². The molecule has 1 fully saturated rings. The van der Waals surface area contributed by atoms with Crippen LogP contribution in [0.25, 0.3) is 10.8 Å². The maximum absolute atomic E-state index is 13.0. The molecule has 0 atom stereocenters. The van der Waals surface area contributed by atoms with Gasteiger partial charge in [0, 0.05) is 43.9 Å². The normalized spacial score (nSPS) is 14.5. The Morgan fingerprint density at radius 1 is 1.09 bits per heavy atom. The van der Waals surface area contributed by atoms with Crippen molar-refractivity contribution < 1.29 is 18.1 Å². The monoisotopic (exact) mass is 457 g/mol. The maximum atomic E-state index is 13.0. The zero-order valence-corrected chi connectivity index (χ0v) is 17.8. The van der Waals surface area contributed by atoms with Crippen molar-refractivity contribution in [3.63, 3.8) is 0 Å². The van der Waals surface area contributed by atoms with Gasteiger partial charge < -0.3 is 9.80 Å². The molecule has 1 aliphatic rings. The zero-order chi connectivity index (χ0) is 23.0. The highest BCUT2D eigenvalue weighted by atomic mass is 32.2. The van der Waals surface area contributed by atoms with Crippen molar-refractivity contribution in [1.29, 1.82) is 0 Å². The predicted molar refractivity (Wildman–Crippen MR) is 117 cm³/mol. The lowest BCUT2D eigenvalue weighted by Gasteiger charge is -2.35. The zero-order valence-electron chi connectivity index (χ0n) is 17.0. The molecule has 0 aliphatic carbocycles. The van der Waals surface area contributed by atoms with Crippen molar-refractivity contribution in [1.82, 2.24) is 15.1 Å². The summed E-state index contributed by atoms with van der Waals surface area (Å²) >= 11 is 0. The molecular weight excluding hydrogens is 438 g/mol. The SMILES string of the molecule is CS(=O)(=O)c1ccc(N2CCN(C(=O)c3n[nH]c(=O)c4ccccc34)CC2)c([N+](=O)[O-])c1. The molecule has 0 spiro atoms. The summed E-state index contributed by atoms with van der Waals surface area (Å²) in [5, 5.41) is 18.6. The first kappa shape index (κ1) is 21.4. The number of fused-ring (bicyclic) bond motifs is 1. The Labute approximate surface area is 182 Å². The predicted octanol–water partition coefficient (Wildman–Crippen LogP) is 1.20. The lowest BCUT2D eigenvalue weighted by Crippen LogP contribution is -2.49. The van der Waals surface area contributed by atoms with E-state index in [0.29, 0.717) is 29.5 Å². The fourth-order valence-electron chi connectivity index (χ4n) is 3.73. The molecule has 4 rings (SSSR count). The molecule has 0 unspecified atom stereocenters. The number of carbonyl (C=O) groups excluding carboxylic acids is 1. The number of nitrogens with zero attached hydrogens (tertiary/aromatic N) is 4. The summed E-state index contributed by atoms with van der Waals surface area (Å²) in [5.41, 5.74) is -0.257. The lowest BCUT2D eigenvalue weighted by molar-refractivity contribution is -0.384. The van der Waals surface area contributed by atoms with Gasteiger partial charge in [-0.2, -0.15) is 5.10 Å². The highest BCUT2D eigenvalue weighted by molar-refractivity contribution is 7.90. The van der Waals surface area contributed by atoms with Crippen molar-refractivity contribution in [2.45, 2.75) is 4.90 Å². The number of nitro benzene ring substituents is 1. The van der Waals surface area contributed by atoms with Crippen LogP contribution in [0.15, 0.2) is 52.2 Å². The van der Waals surface area contributed by atoms with Crippen LogP contribution in [-0.2, 0) is 9.84 Å². The second-order valence-corrected chi connectivity index (χ2v) is 9.42. The molecule has 1 N–H and O–H groups in total. The molecule has 0 radical (unpaired) electrons. The summed E-state index contributed by atoms with van der Waals surface area (Å²) in [6.45, 7) is 1.18. The van der Waals surface area contributed by atoms with Gasteiger partial charge >= 0.3 is 0 Å². The second-order valence-electron chi connectivity index (χ2n) is 7.41. The third-order valence-corrected chi connectivity index (χ3v) is 6.49. The van der Waals surface area contributed by atoms with Gasteiger partial charge in [-0.1, -0.05) is 18.2 Å². The van der Waals surface area contributed by atoms with Crippen LogP contribution in [0.4, 0.5) is 11.4 Å². The molecule has 1 aromatic heterocycles. The average Bonchev–Trinajstić information content (AvgIpc) is 2.78. The number of nitrogens with one attached hydrogen (secondary N) is 1. The Hall–Kier alpha value is -3.80. The molecule has 0 saturated carbocycles. The topological polar surface area (TPSA) is 147 Å². The first-order valence-electron chi connectivity index (χ1n) is 9.67. The highest BCUT2D eigenvalue weighted by Gasteiger charge is 2.29. The van der Waals surface area contributed by atoms with Crippen molar-refractivity contribution in [3.8, 4) is 0 Å². The third kappa shape index (κ3) is 3.91.